The van der Waals surface area contributed by atoms with Crippen LogP contribution in [0.3, 0.4) is 0 Å². The molecule has 2 aromatic carbocycles. The summed E-state index contributed by atoms with van der Waals surface area (Å²) in [6, 6.07) is 10.5. The van der Waals surface area contributed by atoms with Crippen molar-refractivity contribution in [2.75, 3.05) is 14.2 Å². The van der Waals surface area contributed by atoms with Crippen molar-refractivity contribution in [1.82, 2.24) is 5.32 Å². The van der Waals surface area contributed by atoms with E-state index in [2.05, 4.69) is 43.4 Å². The zero-order valence-corrected chi connectivity index (χ0v) is 14.0. The molecule has 2 nitrogen and oxygen atoms in total. The zero-order valence-electron chi connectivity index (χ0n) is 13.3. The fourth-order valence-corrected chi connectivity index (χ4v) is 2.93. The van der Waals surface area contributed by atoms with Crippen LogP contribution in [-0.4, -0.2) is 14.2 Å². The fraction of sp³-hybridized carbons (Fsp3) is 0.333. The summed E-state index contributed by atoms with van der Waals surface area (Å²) in [5.74, 6) is 0.906. The molecule has 3 heteroatoms. The molecule has 0 aliphatic heterocycles. The molecule has 0 radical (unpaired) electrons. The Kier molecular flexibility index (Phi) is 4.92. The molecule has 0 saturated heterocycles. The minimum atomic E-state index is 0.0543. The molecule has 21 heavy (non-hydrogen) atoms. The summed E-state index contributed by atoms with van der Waals surface area (Å²) in [5, 5.41) is 4.17. The molecule has 0 heterocycles. The number of benzene rings is 2. The average molecular weight is 304 g/mol. The first-order chi connectivity index (χ1) is 9.97. The van der Waals surface area contributed by atoms with Gasteiger partial charge in [0.05, 0.1) is 13.2 Å². The van der Waals surface area contributed by atoms with Crippen LogP contribution in [0.15, 0.2) is 30.3 Å². The number of hydrogen-bond donors (Lipinski definition) is 1. The standard InChI is InChI=1S/C18H22ClNO/c1-11-8-13(3)17(16(9-11)21-5)18(20-4)14-7-6-12(2)15(19)10-14/h6-10,18,20H,1-5H3. The van der Waals surface area contributed by atoms with E-state index in [-0.39, 0.29) is 6.04 Å². The largest absolute Gasteiger partial charge is 0.496 e. The van der Waals surface area contributed by atoms with Gasteiger partial charge in [-0.2, -0.15) is 0 Å². The van der Waals surface area contributed by atoms with Gasteiger partial charge < -0.3 is 10.1 Å². The number of aryl methyl sites for hydroxylation is 3. The van der Waals surface area contributed by atoms with Gasteiger partial charge in [-0.05, 0) is 62.2 Å². The van der Waals surface area contributed by atoms with Crippen molar-refractivity contribution in [3.8, 4) is 5.75 Å². The molecular formula is C18H22ClNO. The second kappa shape index (κ2) is 6.50. The number of ether oxygens (including phenoxy) is 1. The van der Waals surface area contributed by atoms with E-state index in [9.17, 15) is 0 Å². The van der Waals surface area contributed by atoms with Crippen molar-refractivity contribution < 1.29 is 4.74 Å². The van der Waals surface area contributed by atoms with Crippen LogP contribution in [0.5, 0.6) is 5.75 Å². The zero-order chi connectivity index (χ0) is 15.6. The quantitative estimate of drug-likeness (QED) is 0.892. The maximum absolute atomic E-state index is 6.28. The molecule has 1 atom stereocenters. The van der Waals surface area contributed by atoms with E-state index in [1.165, 1.54) is 11.1 Å². The maximum atomic E-state index is 6.28. The first-order valence-electron chi connectivity index (χ1n) is 7.06. The van der Waals surface area contributed by atoms with Crippen LogP contribution >= 0.6 is 11.6 Å². The third-order valence-corrected chi connectivity index (χ3v) is 4.23. The van der Waals surface area contributed by atoms with E-state index in [0.717, 1.165) is 27.5 Å². The summed E-state index contributed by atoms with van der Waals surface area (Å²) in [6.07, 6.45) is 0. The minimum Gasteiger partial charge on any atom is -0.496 e. The molecule has 112 valence electrons. The summed E-state index contributed by atoms with van der Waals surface area (Å²) in [5.41, 5.74) is 5.79. The average Bonchev–Trinajstić information content (AvgIpc) is 2.45. The van der Waals surface area contributed by atoms with E-state index in [4.69, 9.17) is 16.3 Å². The first-order valence-corrected chi connectivity index (χ1v) is 7.44. The Morgan fingerprint density at radius 2 is 1.76 bits per heavy atom. The summed E-state index contributed by atoms with van der Waals surface area (Å²) in [4.78, 5) is 0. The summed E-state index contributed by atoms with van der Waals surface area (Å²) < 4.78 is 5.59. The molecule has 2 aromatic rings. The van der Waals surface area contributed by atoms with Gasteiger partial charge >= 0.3 is 0 Å². The van der Waals surface area contributed by atoms with E-state index < -0.39 is 0 Å². The lowest BCUT2D eigenvalue weighted by molar-refractivity contribution is 0.404. The molecule has 1 N–H and O–H groups in total. The maximum Gasteiger partial charge on any atom is 0.124 e. The van der Waals surface area contributed by atoms with Gasteiger partial charge in [0.1, 0.15) is 5.75 Å². The molecule has 0 aliphatic rings. The molecule has 0 aromatic heterocycles. The van der Waals surface area contributed by atoms with Crippen molar-refractivity contribution in [3.05, 3.63) is 63.2 Å². The highest BCUT2D eigenvalue weighted by atomic mass is 35.5. The second-order valence-corrected chi connectivity index (χ2v) is 5.84. The van der Waals surface area contributed by atoms with Crippen LogP contribution in [0, 0.1) is 20.8 Å². The van der Waals surface area contributed by atoms with Gasteiger partial charge in [0.25, 0.3) is 0 Å². The van der Waals surface area contributed by atoms with Gasteiger partial charge in [0.2, 0.25) is 0 Å². The number of methoxy groups -OCH3 is 1. The third kappa shape index (κ3) is 3.22. The Hall–Kier alpha value is -1.51. The molecule has 0 spiro atoms. The molecule has 1 unspecified atom stereocenters. The van der Waals surface area contributed by atoms with E-state index in [1.807, 2.05) is 20.0 Å². The number of rotatable bonds is 4. The van der Waals surface area contributed by atoms with Crippen molar-refractivity contribution in [1.29, 1.82) is 0 Å². The lowest BCUT2D eigenvalue weighted by atomic mass is 9.92. The Bertz CT molecular complexity index is 652. The molecular weight excluding hydrogens is 282 g/mol. The first kappa shape index (κ1) is 15.9. The smallest absolute Gasteiger partial charge is 0.124 e. The van der Waals surface area contributed by atoms with E-state index in [0.29, 0.717) is 0 Å². The van der Waals surface area contributed by atoms with Crippen molar-refractivity contribution in [2.45, 2.75) is 26.8 Å². The lowest BCUT2D eigenvalue weighted by Crippen LogP contribution is -2.19. The van der Waals surface area contributed by atoms with Crippen LogP contribution < -0.4 is 10.1 Å². The Labute approximate surface area is 132 Å². The van der Waals surface area contributed by atoms with E-state index in [1.54, 1.807) is 7.11 Å². The van der Waals surface area contributed by atoms with Gasteiger partial charge in [0.15, 0.2) is 0 Å². The normalized spacial score (nSPS) is 12.3. The van der Waals surface area contributed by atoms with Gasteiger partial charge in [-0.15, -0.1) is 0 Å². The SMILES string of the molecule is CNC(c1ccc(C)c(Cl)c1)c1c(C)cc(C)cc1OC. The Balaban J connectivity index is 2.58. The van der Waals surface area contributed by atoms with Crippen molar-refractivity contribution in [2.24, 2.45) is 0 Å². The second-order valence-electron chi connectivity index (χ2n) is 5.43. The van der Waals surface area contributed by atoms with Gasteiger partial charge in [-0.1, -0.05) is 29.8 Å². The molecule has 2 rings (SSSR count). The highest BCUT2D eigenvalue weighted by molar-refractivity contribution is 6.31. The fourth-order valence-electron chi connectivity index (χ4n) is 2.74. The van der Waals surface area contributed by atoms with Crippen LogP contribution in [0.25, 0.3) is 0 Å². The lowest BCUT2D eigenvalue weighted by Gasteiger charge is -2.23. The Morgan fingerprint density at radius 3 is 2.33 bits per heavy atom. The third-order valence-electron chi connectivity index (χ3n) is 3.82. The molecule has 0 fully saturated rings. The number of nitrogens with one attached hydrogen (secondary N) is 1. The summed E-state index contributed by atoms with van der Waals surface area (Å²) in [7, 11) is 3.67. The molecule has 0 bridgehead atoms. The van der Waals surface area contributed by atoms with E-state index >= 15 is 0 Å². The predicted molar refractivity (Wildman–Crippen MR) is 89.6 cm³/mol. The highest BCUT2D eigenvalue weighted by Crippen LogP contribution is 2.34. The molecule has 0 saturated carbocycles. The van der Waals surface area contributed by atoms with Crippen LogP contribution in [0.4, 0.5) is 0 Å². The van der Waals surface area contributed by atoms with Gasteiger partial charge in [-0.25, -0.2) is 0 Å². The topological polar surface area (TPSA) is 21.3 Å². The van der Waals surface area contributed by atoms with Crippen LogP contribution in [0.1, 0.15) is 33.9 Å². The number of halogens is 1. The van der Waals surface area contributed by atoms with Crippen molar-refractivity contribution >= 4 is 11.6 Å². The summed E-state index contributed by atoms with van der Waals surface area (Å²) >= 11 is 6.28. The molecule has 0 amide bonds. The van der Waals surface area contributed by atoms with Crippen LogP contribution in [0.2, 0.25) is 5.02 Å². The summed E-state index contributed by atoms with van der Waals surface area (Å²) in [6.45, 7) is 6.21. The highest BCUT2D eigenvalue weighted by Gasteiger charge is 2.20. The molecule has 0 aliphatic carbocycles. The van der Waals surface area contributed by atoms with Crippen molar-refractivity contribution in [3.63, 3.8) is 0 Å². The van der Waals surface area contributed by atoms with Gasteiger partial charge in [0, 0.05) is 10.6 Å². The monoisotopic (exact) mass is 303 g/mol. The Morgan fingerprint density at radius 1 is 1.05 bits per heavy atom. The van der Waals surface area contributed by atoms with Crippen LogP contribution in [-0.2, 0) is 0 Å². The van der Waals surface area contributed by atoms with Gasteiger partial charge in [-0.3, -0.25) is 0 Å². The predicted octanol–water partition coefficient (Wildman–Crippen LogP) is 4.58. The number of hydrogen-bond acceptors (Lipinski definition) is 2. The minimum absolute atomic E-state index is 0.0543.